The standard InChI is InChI=1S/C18H23N3O/c19-12-15-5-4-6-16(11-15)13-20-10-7-17(14-20)18(22)21-8-2-1-3-9-21/h4-6,11,17H,1-3,7-10,13-14H2. The lowest BCUT2D eigenvalue weighted by atomic mass is 10.0. The number of benzene rings is 1. The molecule has 2 fully saturated rings. The molecule has 4 heteroatoms. The van der Waals surface area contributed by atoms with Crippen molar-refractivity contribution in [3.63, 3.8) is 0 Å². The Morgan fingerprint density at radius 1 is 1.23 bits per heavy atom. The van der Waals surface area contributed by atoms with Crippen molar-refractivity contribution in [3.8, 4) is 6.07 Å². The van der Waals surface area contributed by atoms with E-state index >= 15 is 0 Å². The first-order valence-corrected chi connectivity index (χ1v) is 8.26. The summed E-state index contributed by atoms with van der Waals surface area (Å²) in [6, 6.07) is 9.94. The van der Waals surface area contributed by atoms with Crippen molar-refractivity contribution in [2.24, 2.45) is 5.92 Å². The van der Waals surface area contributed by atoms with Crippen LogP contribution in [0.2, 0.25) is 0 Å². The predicted molar refractivity (Wildman–Crippen MR) is 85.0 cm³/mol. The number of nitriles is 1. The Balaban J connectivity index is 1.55. The average Bonchev–Trinajstić information content (AvgIpc) is 3.03. The van der Waals surface area contributed by atoms with Gasteiger partial charge in [-0.05, 0) is 49.9 Å². The summed E-state index contributed by atoms with van der Waals surface area (Å²) in [5.41, 5.74) is 1.86. The van der Waals surface area contributed by atoms with E-state index in [1.54, 1.807) is 0 Å². The number of rotatable bonds is 3. The van der Waals surface area contributed by atoms with Gasteiger partial charge in [0.2, 0.25) is 5.91 Å². The summed E-state index contributed by atoms with van der Waals surface area (Å²) >= 11 is 0. The topological polar surface area (TPSA) is 47.3 Å². The quantitative estimate of drug-likeness (QED) is 0.860. The Morgan fingerprint density at radius 3 is 2.82 bits per heavy atom. The molecule has 2 heterocycles. The Hall–Kier alpha value is -1.86. The third-order valence-electron chi connectivity index (χ3n) is 4.75. The minimum atomic E-state index is 0.164. The molecule has 0 N–H and O–H groups in total. The molecule has 3 rings (SSSR count). The molecule has 2 aliphatic heterocycles. The smallest absolute Gasteiger partial charge is 0.227 e. The van der Waals surface area contributed by atoms with Gasteiger partial charge in [-0.2, -0.15) is 5.26 Å². The number of carbonyl (C=O) groups is 1. The third kappa shape index (κ3) is 3.48. The van der Waals surface area contributed by atoms with E-state index in [0.717, 1.165) is 57.5 Å². The maximum absolute atomic E-state index is 12.6. The van der Waals surface area contributed by atoms with Crippen molar-refractivity contribution in [2.45, 2.75) is 32.2 Å². The fraction of sp³-hybridized carbons (Fsp3) is 0.556. The van der Waals surface area contributed by atoms with Gasteiger partial charge in [-0.25, -0.2) is 0 Å². The average molecular weight is 297 g/mol. The third-order valence-corrected chi connectivity index (χ3v) is 4.75. The summed E-state index contributed by atoms with van der Waals surface area (Å²) in [5, 5.41) is 8.97. The minimum Gasteiger partial charge on any atom is -0.342 e. The highest BCUT2D eigenvalue weighted by Gasteiger charge is 2.31. The molecule has 0 aromatic heterocycles. The van der Waals surface area contributed by atoms with Gasteiger partial charge in [-0.3, -0.25) is 9.69 Å². The van der Waals surface area contributed by atoms with Crippen LogP contribution in [0.15, 0.2) is 24.3 Å². The van der Waals surface area contributed by atoms with Crippen molar-refractivity contribution in [1.82, 2.24) is 9.80 Å². The van der Waals surface area contributed by atoms with Crippen LogP contribution in [-0.4, -0.2) is 41.9 Å². The van der Waals surface area contributed by atoms with Crippen LogP contribution in [-0.2, 0) is 11.3 Å². The van der Waals surface area contributed by atoms with Crippen LogP contribution >= 0.6 is 0 Å². The second kappa shape index (κ2) is 6.93. The maximum atomic E-state index is 12.6. The fourth-order valence-corrected chi connectivity index (χ4v) is 3.55. The molecule has 1 unspecified atom stereocenters. The van der Waals surface area contributed by atoms with Crippen LogP contribution in [0.25, 0.3) is 0 Å². The molecule has 0 aliphatic carbocycles. The van der Waals surface area contributed by atoms with E-state index in [-0.39, 0.29) is 5.92 Å². The first-order valence-electron chi connectivity index (χ1n) is 8.26. The summed E-state index contributed by atoms with van der Waals surface area (Å²) in [6.07, 6.45) is 4.54. The number of piperidine rings is 1. The van der Waals surface area contributed by atoms with Crippen molar-refractivity contribution >= 4 is 5.91 Å². The molecule has 1 aromatic carbocycles. The highest BCUT2D eigenvalue weighted by molar-refractivity contribution is 5.79. The van der Waals surface area contributed by atoms with Crippen molar-refractivity contribution in [1.29, 1.82) is 5.26 Å². The lowest BCUT2D eigenvalue weighted by Crippen LogP contribution is -2.40. The van der Waals surface area contributed by atoms with Gasteiger partial charge >= 0.3 is 0 Å². The van der Waals surface area contributed by atoms with E-state index < -0.39 is 0 Å². The monoisotopic (exact) mass is 297 g/mol. The van der Waals surface area contributed by atoms with Crippen LogP contribution < -0.4 is 0 Å². The lowest BCUT2D eigenvalue weighted by Gasteiger charge is -2.29. The van der Waals surface area contributed by atoms with Gasteiger partial charge in [0.25, 0.3) is 0 Å². The predicted octanol–water partition coefficient (Wildman–Crippen LogP) is 2.39. The normalized spacial score (nSPS) is 22.5. The minimum absolute atomic E-state index is 0.164. The molecule has 1 amide bonds. The summed E-state index contributed by atoms with van der Waals surface area (Å²) < 4.78 is 0. The second-order valence-corrected chi connectivity index (χ2v) is 6.42. The van der Waals surface area contributed by atoms with Gasteiger partial charge in [0.15, 0.2) is 0 Å². The van der Waals surface area contributed by atoms with Gasteiger partial charge in [0.05, 0.1) is 17.6 Å². The molecule has 1 atom stereocenters. The first-order chi connectivity index (χ1) is 10.8. The number of amides is 1. The van der Waals surface area contributed by atoms with Gasteiger partial charge in [0.1, 0.15) is 0 Å². The van der Waals surface area contributed by atoms with Crippen LogP contribution in [0.1, 0.15) is 36.8 Å². The zero-order valence-electron chi connectivity index (χ0n) is 13.0. The fourth-order valence-electron chi connectivity index (χ4n) is 3.55. The number of carbonyl (C=O) groups excluding carboxylic acids is 1. The Bertz CT molecular complexity index is 572. The largest absolute Gasteiger partial charge is 0.342 e. The molecule has 116 valence electrons. The number of hydrogen-bond acceptors (Lipinski definition) is 3. The van der Waals surface area contributed by atoms with Crippen LogP contribution in [0, 0.1) is 17.2 Å². The van der Waals surface area contributed by atoms with Crippen LogP contribution in [0.5, 0.6) is 0 Å². The Kier molecular flexibility index (Phi) is 4.74. The maximum Gasteiger partial charge on any atom is 0.227 e. The molecule has 0 radical (unpaired) electrons. The molecule has 0 spiro atoms. The van der Waals surface area contributed by atoms with Crippen LogP contribution in [0.3, 0.4) is 0 Å². The van der Waals surface area contributed by atoms with Crippen molar-refractivity contribution in [3.05, 3.63) is 35.4 Å². The summed E-state index contributed by atoms with van der Waals surface area (Å²) in [7, 11) is 0. The summed E-state index contributed by atoms with van der Waals surface area (Å²) in [5.74, 6) is 0.519. The summed E-state index contributed by atoms with van der Waals surface area (Å²) in [4.78, 5) is 17.0. The molecular weight excluding hydrogens is 274 g/mol. The molecule has 2 saturated heterocycles. The number of likely N-dealkylation sites (tertiary alicyclic amines) is 2. The number of nitrogens with zero attached hydrogens (tertiary/aromatic N) is 3. The van der Waals surface area contributed by atoms with Gasteiger partial charge in [-0.1, -0.05) is 12.1 Å². The van der Waals surface area contributed by atoms with Gasteiger partial charge < -0.3 is 4.90 Å². The Labute approximate surface area is 132 Å². The van der Waals surface area contributed by atoms with E-state index in [2.05, 4.69) is 21.9 Å². The zero-order valence-corrected chi connectivity index (χ0v) is 13.0. The van der Waals surface area contributed by atoms with E-state index in [1.807, 2.05) is 18.2 Å². The molecule has 0 bridgehead atoms. The highest BCUT2D eigenvalue weighted by Crippen LogP contribution is 2.22. The van der Waals surface area contributed by atoms with Gasteiger partial charge in [-0.15, -0.1) is 0 Å². The van der Waals surface area contributed by atoms with E-state index in [4.69, 9.17) is 5.26 Å². The van der Waals surface area contributed by atoms with Crippen molar-refractivity contribution < 1.29 is 4.79 Å². The molecule has 0 saturated carbocycles. The molecule has 22 heavy (non-hydrogen) atoms. The van der Waals surface area contributed by atoms with Gasteiger partial charge in [0, 0.05) is 26.2 Å². The lowest BCUT2D eigenvalue weighted by molar-refractivity contribution is -0.136. The van der Waals surface area contributed by atoms with E-state index in [9.17, 15) is 4.79 Å². The molecular formula is C18H23N3O. The first kappa shape index (κ1) is 15.1. The zero-order chi connectivity index (χ0) is 15.4. The van der Waals surface area contributed by atoms with E-state index in [0.29, 0.717) is 11.5 Å². The second-order valence-electron chi connectivity index (χ2n) is 6.42. The van der Waals surface area contributed by atoms with E-state index in [1.165, 1.54) is 6.42 Å². The highest BCUT2D eigenvalue weighted by atomic mass is 16.2. The van der Waals surface area contributed by atoms with Crippen molar-refractivity contribution in [2.75, 3.05) is 26.2 Å². The van der Waals surface area contributed by atoms with Crippen LogP contribution in [0.4, 0.5) is 0 Å². The number of hydrogen-bond donors (Lipinski definition) is 0. The Morgan fingerprint density at radius 2 is 2.05 bits per heavy atom. The molecule has 4 nitrogen and oxygen atoms in total. The molecule has 2 aliphatic rings. The summed E-state index contributed by atoms with van der Waals surface area (Å²) in [6.45, 7) is 4.55. The SMILES string of the molecule is N#Cc1cccc(CN2CCC(C(=O)N3CCCCC3)C2)c1. The molecule has 1 aromatic rings.